The highest BCUT2D eigenvalue weighted by Crippen LogP contribution is 2.16. The van der Waals surface area contributed by atoms with E-state index in [-0.39, 0.29) is 11.7 Å². The van der Waals surface area contributed by atoms with Crippen molar-refractivity contribution in [1.29, 1.82) is 0 Å². The van der Waals surface area contributed by atoms with Crippen LogP contribution in [0.1, 0.15) is 36.6 Å². The molecule has 0 fully saturated rings. The number of rotatable bonds is 9. The van der Waals surface area contributed by atoms with Gasteiger partial charge in [-0.1, -0.05) is 54.6 Å². The second kappa shape index (κ2) is 10.7. The number of primary amides is 1. The lowest BCUT2D eigenvalue weighted by Gasteiger charge is -2.22. The van der Waals surface area contributed by atoms with Crippen molar-refractivity contribution in [3.8, 4) is 0 Å². The van der Waals surface area contributed by atoms with Gasteiger partial charge in [-0.2, -0.15) is 0 Å². The van der Waals surface area contributed by atoms with Crippen molar-refractivity contribution in [2.24, 2.45) is 5.73 Å². The first kappa shape index (κ1) is 22.5. The first-order valence-corrected chi connectivity index (χ1v) is 9.45. The molecule has 2 aromatic carbocycles. The van der Waals surface area contributed by atoms with Crippen molar-refractivity contribution >= 4 is 29.6 Å². The summed E-state index contributed by atoms with van der Waals surface area (Å²) >= 11 is 0. The highest BCUT2D eigenvalue weighted by atomic mass is 16.2. The molecule has 0 aromatic heterocycles. The molecule has 0 spiro atoms. The Labute approximate surface area is 175 Å². The highest BCUT2D eigenvalue weighted by Gasteiger charge is 2.26. The number of carbonyl (C=O) groups excluding carboxylic acids is 4. The minimum absolute atomic E-state index is 0.180. The number of hydrogen-bond donors (Lipinski definition) is 3. The van der Waals surface area contributed by atoms with Crippen LogP contribution in [0, 0.1) is 0 Å². The molecule has 0 bridgehead atoms. The number of nitrogens with two attached hydrogens (primary N) is 1. The molecule has 156 valence electrons. The molecular weight excluding hydrogens is 382 g/mol. The Balaban J connectivity index is 2.20. The molecule has 0 radical (unpaired) electrons. The van der Waals surface area contributed by atoms with Crippen molar-refractivity contribution in [2.75, 3.05) is 0 Å². The Hall–Kier alpha value is -3.74. The number of amides is 3. The van der Waals surface area contributed by atoms with Gasteiger partial charge in [-0.25, -0.2) is 0 Å². The Bertz CT molecular complexity index is 937. The summed E-state index contributed by atoms with van der Waals surface area (Å²) in [5, 5.41) is 5.36. The topological polar surface area (TPSA) is 118 Å². The summed E-state index contributed by atoms with van der Waals surface area (Å²) < 4.78 is 0. The largest absolute Gasteiger partial charge is 0.366 e. The molecule has 0 heterocycles. The molecule has 3 amide bonds. The standard InChI is InChI=1S/C23H25N3O4/c1-15(27)20(14-18-6-4-3-5-7-18)26-23(30)22(25-16(2)28)19-11-8-17(9-12-19)10-13-21(24)29/h3-13,20,22H,14H2,1-2H3,(H2,24,29)(H,25,28)(H,26,30)/b13-10+. The average molecular weight is 407 g/mol. The zero-order valence-electron chi connectivity index (χ0n) is 16.9. The lowest BCUT2D eigenvalue weighted by atomic mass is 10.0. The second-order valence-electron chi connectivity index (χ2n) is 6.90. The van der Waals surface area contributed by atoms with Gasteiger partial charge in [-0.3, -0.25) is 19.2 Å². The summed E-state index contributed by atoms with van der Waals surface area (Å²) in [6.07, 6.45) is 3.13. The Morgan fingerprint density at radius 3 is 2.10 bits per heavy atom. The Morgan fingerprint density at radius 2 is 1.57 bits per heavy atom. The molecule has 7 heteroatoms. The van der Waals surface area contributed by atoms with E-state index < -0.39 is 23.9 Å². The predicted molar refractivity (Wildman–Crippen MR) is 114 cm³/mol. The minimum atomic E-state index is -0.964. The van der Waals surface area contributed by atoms with Crippen molar-refractivity contribution in [1.82, 2.24) is 10.6 Å². The summed E-state index contributed by atoms with van der Waals surface area (Å²) in [5.41, 5.74) is 7.26. The van der Waals surface area contributed by atoms with E-state index in [2.05, 4.69) is 10.6 Å². The number of hydrogen-bond acceptors (Lipinski definition) is 4. The molecule has 4 N–H and O–H groups in total. The van der Waals surface area contributed by atoms with Crippen LogP contribution in [-0.2, 0) is 25.6 Å². The van der Waals surface area contributed by atoms with Crippen molar-refractivity contribution in [3.63, 3.8) is 0 Å². The highest BCUT2D eigenvalue weighted by molar-refractivity contribution is 5.93. The molecule has 0 aliphatic carbocycles. The molecule has 2 rings (SSSR count). The normalized spacial score (nSPS) is 12.7. The van der Waals surface area contributed by atoms with E-state index in [1.165, 1.54) is 19.9 Å². The van der Waals surface area contributed by atoms with E-state index in [9.17, 15) is 19.2 Å². The third-order valence-electron chi connectivity index (χ3n) is 4.41. The molecule has 0 aliphatic heterocycles. The van der Waals surface area contributed by atoms with Crippen LogP contribution >= 0.6 is 0 Å². The summed E-state index contributed by atoms with van der Waals surface area (Å²) in [4.78, 5) is 47.5. The fraction of sp³-hybridized carbons (Fsp3) is 0.217. The van der Waals surface area contributed by atoms with Crippen molar-refractivity contribution in [2.45, 2.75) is 32.4 Å². The van der Waals surface area contributed by atoms with Crippen LogP contribution in [0.15, 0.2) is 60.7 Å². The van der Waals surface area contributed by atoms with E-state index in [0.717, 1.165) is 5.56 Å². The van der Waals surface area contributed by atoms with E-state index in [1.807, 2.05) is 30.3 Å². The van der Waals surface area contributed by atoms with E-state index in [1.54, 1.807) is 30.3 Å². The lowest BCUT2D eigenvalue weighted by Crippen LogP contribution is -2.47. The summed E-state index contributed by atoms with van der Waals surface area (Å²) in [5.74, 6) is -1.61. The maximum atomic E-state index is 12.9. The van der Waals surface area contributed by atoms with Gasteiger partial charge in [-0.15, -0.1) is 0 Å². The van der Waals surface area contributed by atoms with Crippen LogP contribution in [0.2, 0.25) is 0 Å². The molecular formula is C23H25N3O4. The van der Waals surface area contributed by atoms with Crippen molar-refractivity contribution in [3.05, 3.63) is 77.4 Å². The van der Waals surface area contributed by atoms with Gasteiger partial charge in [0, 0.05) is 13.0 Å². The van der Waals surface area contributed by atoms with Crippen LogP contribution in [0.5, 0.6) is 0 Å². The monoisotopic (exact) mass is 407 g/mol. The molecule has 0 saturated heterocycles. The molecule has 2 aromatic rings. The zero-order chi connectivity index (χ0) is 22.1. The van der Waals surface area contributed by atoms with Crippen LogP contribution in [0.4, 0.5) is 0 Å². The van der Waals surface area contributed by atoms with Gasteiger partial charge in [0.15, 0.2) is 5.78 Å². The maximum Gasteiger partial charge on any atom is 0.247 e. The zero-order valence-corrected chi connectivity index (χ0v) is 16.9. The number of carbonyl (C=O) groups is 4. The SMILES string of the molecule is CC(=O)NC(C(=O)NC(Cc1ccccc1)C(C)=O)c1ccc(/C=C/C(N)=O)cc1. The first-order valence-electron chi connectivity index (χ1n) is 9.45. The van der Waals surface area contributed by atoms with Gasteiger partial charge in [0.2, 0.25) is 17.7 Å². The van der Waals surface area contributed by atoms with Gasteiger partial charge in [-0.05, 0) is 36.1 Å². The minimum Gasteiger partial charge on any atom is -0.366 e. The van der Waals surface area contributed by atoms with Gasteiger partial charge in [0.05, 0.1) is 6.04 Å². The van der Waals surface area contributed by atoms with Crippen LogP contribution in [0.3, 0.4) is 0 Å². The van der Waals surface area contributed by atoms with Gasteiger partial charge < -0.3 is 16.4 Å². The third kappa shape index (κ3) is 7.01. The Kier molecular flexibility index (Phi) is 8.05. The first-order chi connectivity index (χ1) is 14.3. The summed E-state index contributed by atoms with van der Waals surface area (Å²) in [7, 11) is 0. The molecule has 7 nitrogen and oxygen atoms in total. The maximum absolute atomic E-state index is 12.9. The molecule has 2 unspecified atom stereocenters. The summed E-state index contributed by atoms with van der Waals surface area (Å²) in [6.45, 7) is 2.73. The molecule has 0 aliphatic rings. The van der Waals surface area contributed by atoms with Crippen LogP contribution in [-0.4, -0.2) is 29.5 Å². The van der Waals surface area contributed by atoms with E-state index in [4.69, 9.17) is 5.73 Å². The second-order valence-corrected chi connectivity index (χ2v) is 6.90. The van der Waals surface area contributed by atoms with Crippen LogP contribution in [0.25, 0.3) is 6.08 Å². The number of ketones is 1. The predicted octanol–water partition coefficient (Wildman–Crippen LogP) is 1.68. The van der Waals surface area contributed by atoms with Gasteiger partial charge >= 0.3 is 0 Å². The lowest BCUT2D eigenvalue weighted by molar-refractivity contribution is -0.130. The summed E-state index contributed by atoms with van der Waals surface area (Å²) in [6, 6.07) is 14.4. The fourth-order valence-electron chi connectivity index (χ4n) is 2.88. The van der Waals surface area contributed by atoms with Gasteiger partial charge in [0.25, 0.3) is 0 Å². The van der Waals surface area contributed by atoms with Crippen LogP contribution < -0.4 is 16.4 Å². The average Bonchev–Trinajstić information content (AvgIpc) is 2.71. The molecule has 2 atom stereocenters. The number of benzene rings is 2. The van der Waals surface area contributed by atoms with Crippen molar-refractivity contribution < 1.29 is 19.2 Å². The van der Waals surface area contributed by atoms with E-state index >= 15 is 0 Å². The number of Topliss-reactive ketones (excluding diaryl/α,β-unsaturated/α-hetero) is 1. The quantitative estimate of drug-likeness (QED) is 0.548. The van der Waals surface area contributed by atoms with E-state index in [0.29, 0.717) is 17.5 Å². The number of nitrogens with one attached hydrogen (secondary N) is 2. The smallest absolute Gasteiger partial charge is 0.247 e. The molecule has 30 heavy (non-hydrogen) atoms. The molecule has 0 saturated carbocycles. The third-order valence-corrected chi connectivity index (χ3v) is 4.41. The fourth-order valence-corrected chi connectivity index (χ4v) is 2.88. The van der Waals surface area contributed by atoms with Gasteiger partial charge in [0.1, 0.15) is 6.04 Å². The Morgan fingerprint density at radius 1 is 0.933 bits per heavy atom.